The van der Waals surface area contributed by atoms with Crippen molar-refractivity contribution in [1.82, 2.24) is 5.32 Å². The van der Waals surface area contributed by atoms with Gasteiger partial charge in [-0.1, -0.05) is 26.0 Å². The van der Waals surface area contributed by atoms with Crippen molar-refractivity contribution in [2.24, 2.45) is 0 Å². The number of rotatable bonds is 5. The zero-order chi connectivity index (χ0) is 12.5. The van der Waals surface area contributed by atoms with E-state index in [2.05, 4.69) is 44.3 Å². The first kappa shape index (κ1) is 12.4. The van der Waals surface area contributed by atoms with Crippen LogP contribution in [0.15, 0.2) is 18.2 Å². The number of methoxy groups -OCH3 is 1. The maximum Gasteiger partial charge on any atom is 0.121 e. The average molecular weight is 233 g/mol. The summed E-state index contributed by atoms with van der Waals surface area (Å²) in [5, 5.41) is 3.61. The first-order valence-electron chi connectivity index (χ1n) is 6.41. The molecule has 0 amide bonds. The molecule has 94 valence electrons. The molecule has 1 aliphatic rings. The van der Waals surface area contributed by atoms with Crippen molar-refractivity contribution >= 4 is 0 Å². The minimum absolute atomic E-state index is 0.180. The molecule has 2 rings (SSSR count). The van der Waals surface area contributed by atoms with Gasteiger partial charge in [-0.3, -0.25) is 0 Å². The SMILES string of the molecule is COc1ccc(C(C)(C)CNC2CC2)cc1C. The predicted octanol–water partition coefficient (Wildman–Crippen LogP) is 3.03. The van der Waals surface area contributed by atoms with Crippen LogP contribution in [-0.4, -0.2) is 19.7 Å². The number of ether oxygens (including phenoxy) is 1. The van der Waals surface area contributed by atoms with Crippen molar-refractivity contribution in [2.45, 2.75) is 45.1 Å². The van der Waals surface area contributed by atoms with Gasteiger partial charge in [0.15, 0.2) is 0 Å². The van der Waals surface area contributed by atoms with Crippen LogP contribution in [0.4, 0.5) is 0 Å². The monoisotopic (exact) mass is 233 g/mol. The zero-order valence-corrected chi connectivity index (χ0v) is 11.3. The number of hydrogen-bond acceptors (Lipinski definition) is 2. The van der Waals surface area contributed by atoms with E-state index in [1.165, 1.54) is 24.0 Å². The van der Waals surface area contributed by atoms with E-state index < -0.39 is 0 Å². The summed E-state index contributed by atoms with van der Waals surface area (Å²) in [7, 11) is 1.72. The highest BCUT2D eigenvalue weighted by atomic mass is 16.5. The van der Waals surface area contributed by atoms with Crippen LogP contribution in [0.3, 0.4) is 0 Å². The summed E-state index contributed by atoms with van der Waals surface area (Å²) in [5.41, 5.74) is 2.77. The second-order valence-electron chi connectivity index (χ2n) is 5.72. The quantitative estimate of drug-likeness (QED) is 0.844. The summed E-state index contributed by atoms with van der Waals surface area (Å²) in [6.07, 6.45) is 2.69. The lowest BCUT2D eigenvalue weighted by Gasteiger charge is -2.26. The van der Waals surface area contributed by atoms with Gasteiger partial charge < -0.3 is 10.1 Å². The summed E-state index contributed by atoms with van der Waals surface area (Å²) < 4.78 is 5.31. The Morgan fingerprint density at radius 1 is 1.35 bits per heavy atom. The van der Waals surface area contributed by atoms with Crippen molar-refractivity contribution < 1.29 is 4.74 Å². The van der Waals surface area contributed by atoms with E-state index in [1.54, 1.807) is 7.11 Å². The summed E-state index contributed by atoms with van der Waals surface area (Å²) in [4.78, 5) is 0. The number of aryl methyl sites for hydroxylation is 1. The van der Waals surface area contributed by atoms with Crippen LogP contribution in [0.2, 0.25) is 0 Å². The highest BCUT2D eigenvalue weighted by molar-refractivity contribution is 5.39. The molecule has 1 aromatic carbocycles. The maximum absolute atomic E-state index is 5.31. The normalized spacial score (nSPS) is 16.0. The fourth-order valence-electron chi connectivity index (χ4n) is 2.09. The molecular weight excluding hydrogens is 210 g/mol. The molecule has 2 heteroatoms. The Morgan fingerprint density at radius 3 is 2.59 bits per heavy atom. The summed E-state index contributed by atoms with van der Waals surface area (Å²) in [5.74, 6) is 0.972. The van der Waals surface area contributed by atoms with Gasteiger partial charge in [-0.25, -0.2) is 0 Å². The van der Waals surface area contributed by atoms with Gasteiger partial charge in [0, 0.05) is 18.0 Å². The van der Waals surface area contributed by atoms with E-state index in [0.29, 0.717) is 0 Å². The summed E-state index contributed by atoms with van der Waals surface area (Å²) >= 11 is 0. The number of nitrogens with one attached hydrogen (secondary N) is 1. The third kappa shape index (κ3) is 3.01. The van der Waals surface area contributed by atoms with Crippen LogP contribution in [0, 0.1) is 6.92 Å². The average Bonchev–Trinajstić information content (AvgIpc) is 3.10. The topological polar surface area (TPSA) is 21.3 Å². The van der Waals surface area contributed by atoms with E-state index >= 15 is 0 Å². The molecule has 0 saturated heterocycles. The zero-order valence-electron chi connectivity index (χ0n) is 11.3. The van der Waals surface area contributed by atoms with Gasteiger partial charge in [0.1, 0.15) is 5.75 Å². The van der Waals surface area contributed by atoms with Crippen LogP contribution in [-0.2, 0) is 5.41 Å². The molecule has 1 saturated carbocycles. The molecule has 0 unspecified atom stereocenters. The second kappa shape index (κ2) is 4.69. The van der Waals surface area contributed by atoms with E-state index in [9.17, 15) is 0 Å². The van der Waals surface area contributed by atoms with E-state index in [-0.39, 0.29) is 5.41 Å². The molecule has 0 aromatic heterocycles. The third-order valence-corrected chi connectivity index (χ3v) is 3.59. The molecule has 17 heavy (non-hydrogen) atoms. The van der Waals surface area contributed by atoms with Gasteiger partial charge in [-0.15, -0.1) is 0 Å². The molecular formula is C15H23NO. The number of hydrogen-bond donors (Lipinski definition) is 1. The van der Waals surface area contributed by atoms with Crippen LogP contribution < -0.4 is 10.1 Å². The first-order chi connectivity index (χ1) is 8.03. The molecule has 0 spiro atoms. The Kier molecular flexibility index (Phi) is 3.43. The molecule has 1 fully saturated rings. The minimum Gasteiger partial charge on any atom is -0.496 e. The maximum atomic E-state index is 5.31. The fourth-order valence-corrected chi connectivity index (χ4v) is 2.09. The summed E-state index contributed by atoms with van der Waals surface area (Å²) in [6, 6.07) is 7.27. The van der Waals surface area contributed by atoms with E-state index in [4.69, 9.17) is 4.74 Å². The molecule has 1 aliphatic carbocycles. The molecule has 0 aliphatic heterocycles. The van der Waals surface area contributed by atoms with Crippen molar-refractivity contribution in [1.29, 1.82) is 0 Å². The van der Waals surface area contributed by atoms with Crippen LogP contribution >= 0.6 is 0 Å². The minimum atomic E-state index is 0.180. The Balaban J connectivity index is 2.10. The molecule has 0 radical (unpaired) electrons. The Labute approximate surface area is 104 Å². The summed E-state index contributed by atoms with van der Waals surface area (Å²) in [6.45, 7) is 7.74. The van der Waals surface area contributed by atoms with Crippen LogP contribution in [0.25, 0.3) is 0 Å². The Bertz CT molecular complexity index is 394. The molecule has 0 atom stereocenters. The smallest absolute Gasteiger partial charge is 0.121 e. The lowest BCUT2D eigenvalue weighted by atomic mass is 9.83. The van der Waals surface area contributed by atoms with Crippen LogP contribution in [0.5, 0.6) is 5.75 Å². The second-order valence-corrected chi connectivity index (χ2v) is 5.72. The van der Waals surface area contributed by atoms with Crippen molar-refractivity contribution in [3.8, 4) is 5.75 Å². The van der Waals surface area contributed by atoms with Gasteiger partial charge in [0.2, 0.25) is 0 Å². The fraction of sp³-hybridized carbons (Fsp3) is 0.600. The Morgan fingerprint density at radius 2 is 2.06 bits per heavy atom. The van der Waals surface area contributed by atoms with Crippen molar-refractivity contribution in [3.05, 3.63) is 29.3 Å². The van der Waals surface area contributed by atoms with Crippen LogP contribution in [0.1, 0.15) is 37.8 Å². The van der Waals surface area contributed by atoms with Gasteiger partial charge >= 0.3 is 0 Å². The van der Waals surface area contributed by atoms with Crippen molar-refractivity contribution in [2.75, 3.05) is 13.7 Å². The molecule has 2 nitrogen and oxygen atoms in total. The molecule has 0 bridgehead atoms. The van der Waals surface area contributed by atoms with Gasteiger partial charge in [-0.2, -0.15) is 0 Å². The lowest BCUT2D eigenvalue weighted by Crippen LogP contribution is -2.34. The predicted molar refractivity (Wildman–Crippen MR) is 71.8 cm³/mol. The highest BCUT2D eigenvalue weighted by Crippen LogP contribution is 2.28. The van der Waals surface area contributed by atoms with Gasteiger partial charge in [-0.05, 0) is 37.0 Å². The third-order valence-electron chi connectivity index (χ3n) is 3.59. The van der Waals surface area contributed by atoms with E-state index in [1.807, 2.05) is 0 Å². The molecule has 1 N–H and O–H groups in total. The van der Waals surface area contributed by atoms with E-state index in [0.717, 1.165) is 18.3 Å². The number of benzene rings is 1. The largest absolute Gasteiger partial charge is 0.496 e. The highest BCUT2D eigenvalue weighted by Gasteiger charge is 2.26. The lowest BCUT2D eigenvalue weighted by molar-refractivity contribution is 0.410. The molecule has 0 heterocycles. The Hall–Kier alpha value is -1.02. The first-order valence-corrected chi connectivity index (χ1v) is 6.41. The molecule has 1 aromatic rings. The van der Waals surface area contributed by atoms with Gasteiger partial charge in [0.25, 0.3) is 0 Å². The van der Waals surface area contributed by atoms with Crippen molar-refractivity contribution in [3.63, 3.8) is 0 Å². The standard InChI is InChI=1S/C15H23NO/c1-11-9-12(5-8-14(11)17-4)15(2,3)10-16-13-6-7-13/h5,8-9,13,16H,6-7,10H2,1-4H3. The van der Waals surface area contributed by atoms with Gasteiger partial charge in [0.05, 0.1) is 7.11 Å².